The number of rotatable bonds is 13. The SMILES string of the molecule is COc1cc(C[C@@H](CO)[C@@H](CO)Cc2cc(OC)c(OC)c(OC)c2)cc(OC)c1OC. The van der Waals surface area contributed by atoms with E-state index >= 15 is 0 Å². The van der Waals surface area contributed by atoms with Crippen molar-refractivity contribution in [3.8, 4) is 34.5 Å². The van der Waals surface area contributed by atoms with Gasteiger partial charge in [0.2, 0.25) is 11.5 Å². The van der Waals surface area contributed by atoms with Gasteiger partial charge in [-0.3, -0.25) is 0 Å². The summed E-state index contributed by atoms with van der Waals surface area (Å²) >= 11 is 0. The van der Waals surface area contributed by atoms with Gasteiger partial charge in [0.1, 0.15) is 0 Å². The van der Waals surface area contributed by atoms with Crippen LogP contribution in [0.1, 0.15) is 11.1 Å². The topological polar surface area (TPSA) is 95.8 Å². The van der Waals surface area contributed by atoms with Crippen molar-refractivity contribution < 1.29 is 38.6 Å². The molecule has 0 saturated carbocycles. The first-order chi connectivity index (χ1) is 15.5. The Hall–Kier alpha value is -2.84. The summed E-state index contributed by atoms with van der Waals surface area (Å²) in [4.78, 5) is 0. The first-order valence-corrected chi connectivity index (χ1v) is 10.3. The van der Waals surface area contributed by atoms with Crippen molar-refractivity contribution >= 4 is 0 Å². The van der Waals surface area contributed by atoms with Gasteiger partial charge in [-0.2, -0.15) is 0 Å². The van der Waals surface area contributed by atoms with E-state index in [2.05, 4.69) is 0 Å². The van der Waals surface area contributed by atoms with Gasteiger partial charge in [0, 0.05) is 13.2 Å². The van der Waals surface area contributed by atoms with Crippen LogP contribution < -0.4 is 28.4 Å². The molecule has 0 bridgehead atoms. The van der Waals surface area contributed by atoms with Crippen LogP contribution in [0.3, 0.4) is 0 Å². The van der Waals surface area contributed by atoms with E-state index in [0.29, 0.717) is 47.3 Å². The summed E-state index contributed by atoms with van der Waals surface area (Å²) in [5, 5.41) is 20.3. The second-order valence-corrected chi connectivity index (χ2v) is 7.36. The van der Waals surface area contributed by atoms with E-state index in [1.165, 1.54) is 0 Å². The Balaban J connectivity index is 2.32. The molecule has 0 radical (unpaired) electrons. The maximum absolute atomic E-state index is 10.1. The minimum Gasteiger partial charge on any atom is -0.493 e. The Bertz CT molecular complexity index is 746. The number of hydrogen-bond acceptors (Lipinski definition) is 8. The lowest BCUT2D eigenvalue weighted by atomic mass is 9.83. The quantitative estimate of drug-likeness (QED) is 0.481. The molecule has 0 amide bonds. The predicted molar refractivity (Wildman–Crippen MR) is 121 cm³/mol. The van der Waals surface area contributed by atoms with Crippen LogP contribution in [0.4, 0.5) is 0 Å². The maximum atomic E-state index is 10.1. The molecule has 2 aromatic rings. The molecule has 0 saturated heterocycles. The number of ether oxygens (including phenoxy) is 6. The van der Waals surface area contributed by atoms with Crippen molar-refractivity contribution in [2.75, 3.05) is 55.9 Å². The summed E-state index contributed by atoms with van der Waals surface area (Å²) in [5.74, 6) is 2.79. The lowest BCUT2D eigenvalue weighted by molar-refractivity contribution is 0.119. The van der Waals surface area contributed by atoms with Crippen LogP contribution in [0.5, 0.6) is 34.5 Å². The van der Waals surface area contributed by atoms with Crippen LogP contribution >= 0.6 is 0 Å². The lowest BCUT2D eigenvalue weighted by Gasteiger charge is -2.25. The summed E-state index contributed by atoms with van der Waals surface area (Å²) < 4.78 is 32.5. The molecule has 32 heavy (non-hydrogen) atoms. The average Bonchev–Trinajstić information content (AvgIpc) is 2.84. The van der Waals surface area contributed by atoms with E-state index in [1.54, 1.807) is 42.7 Å². The smallest absolute Gasteiger partial charge is 0.203 e. The van der Waals surface area contributed by atoms with Crippen molar-refractivity contribution in [1.29, 1.82) is 0 Å². The molecule has 0 heterocycles. The highest BCUT2D eigenvalue weighted by Gasteiger charge is 2.24. The zero-order chi connectivity index (χ0) is 23.7. The molecule has 2 N–H and O–H groups in total. The molecule has 0 fully saturated rings. The molecule has 2 atom stereocenters. The number of methoxy groups -OCH3 is 6. The van der Waals surface area contributed by atoms with Crippen LogP contribution in [0.15, 0.2) is 24.3 Å². The minimum atomic E-state index is -0.207. The van der Waals surface area contributed by atoms with Gasteiger partial charge in [-0.25, -0.2) is 0 Å². The third-order valence-electron chi connectivity index (χ3n) is 5.58. The molecule has 8 nitrogen and oxygen atoms in total. The molecule has 0 aliphatic heterocycles. The van der Waals surface area contributed by atoms with Crippen LogP contribution in [-0.2, 0) is 12.8 Å². The Labute approximate surface area is 189 Å². The number of aliphatic hydroxyl groups is 2. The fourth-order valence-electron chi connectivity index (χ4n) is 3.87. The van der Waals surface area contributed by atoms with Crippen LogP contribution in [0, 0.1) is 11.8 Å². The summed E-state index contributed by atoms with van der Waals surface area (Å²) in [5.41, 5.74) is 1.81. The fourth-order valence-corrected chi connectivity index (χ4v) is 3.87. The van der Waals surface area contributed by atoms with Gasteiger partial charge in [-0.05, 0) is 60.1 Å². The van der Waals surface area contributed by atoms with Gasteiger partial charge in [0.15, 0.2) is 23.0 Å². The highest BCUT2D eigenvalue weighted by atomic mass is 16.5. The molecular weight excluding hydrogens is 416 g/mol. The molecule has 8 heteroatoms. The number of benzene rings is 2. The second-order valence-electron chi connectivity index (χ2n) is 7.36. The van der Waals surface area contributed by atoms with Crippen molar-refractivity contribution in [3.05, 3.63) is 35.4 Å². The molecule has 0 aliphatic rings. The largest absolute Gasteiger partial charge is 0.493 e. The van der Waals surface area contributed by atoms with Gasteiger partial charge < -0.3 is 38.6 Å². The zero-order valence-corrected chi connectivity index (χ0v) is 19.6. The summed E-state index contributed by atoms with van der Waals surface area (Å²) in [6.07, 6.45) is 1.03. The summed E-state index contributed by atoms with van der Waals surface area (Å²) in [6, 6.07) is 7.44. The molecule has 0 unspecified atom stereocenters. The van der Waals surface area contributed by atoms with E-state index in [4.69, 9.17) is 28.4 Å². The molecule has 0 aliphatic carbocycles. The zero-order valence-electron chi connectivity index (χ0n) is 19.6. The van der Waals surface area contributed by atoms with Crippen LogP contribution in [0.2, 0.25) is 0 Å². The third kappa shape index (κ3) is 5.69. The van der Waals surface area contributed by atoms with E-state index in [9.17, 15) is 10.2 Å². The first kappa shape index (κ1) is 25.4. The summed E-state index contributed by atoms with van der Waals surface area (Å²) in [6.45, 7) is -0.182. The fraction of sp³-hybridized carbons (Fsp3) is 0.500. The van der Waals surface area contributed by atoms with E-state index in [-0.39, 0.29) is 25.0 Å². The van der Waals surface area contributed by atoms with Gasteiger partial charge >= 0.3 is 0 Å². The van der Waals surface area contributed by atoms with Gasteiger partial charge in [0.05, 0.1) is 42.7 Å². The lowest BCUT2D eigenvalue weighted by Crippen LogP contribution is -2.26. The normalized spacial score (nSPS) is 12.6. The van der Waals surface area contributed by atoms with Crippen molar-refractivity contribution in [3.63, 3.8) is 0 Å². The monoisotopic (exact) mass is 450 g/mol. The van der Waals surface area contributed by atoms with Crippen LogP contribution in [0.25, 0.3) is 0 Å². The highest BCUT2D eigenvalue weighted by molar-refractivity contribution is 5.55. The number of aliphatic hydroxyl groups excluding tert-OH is 2. The Kier molecular flexibility index (Phi) is 9.74. The summed E-state index contributed by atoms with van der Waals surface area (Å²) in [7, 11) is 9.35. The Morgan fingerprint density at radius 2 is 0.812 bits per heavy atom. The van der Waals surface area contributed by atoms with Crippen LogP contribution in [-0.4, -0.2) is 66.1 Å². The molecule has 2 rings (SSSR count). The first-order valence-electron chi connectivity index (χ1n) is 10.3. The predicted octanol–water partition coefficient (Wildman–Crippen LogP) is 2.74. The minimum absolute atomic E-state index is 0.0910. The average molecular weight is 451 g/mol. The van der Waals surface area contributed by atoms with Gasteiger partial charge in [-0.15, -0.1) is 0 Å². The van der Waals surface area contributed by atoms with Crippen molar-refractivity contribution in [2.24, 2.45) is 11.8 Å². The highest BCUT2D eigenvalue weighted by Crippen LogP contribution is 2.41. The molecule has 0 aromatic heterocycles. The standard InChI is InChI=1S/C24H34O8/c1-27-19-9-15(10-20(28-2)23(19)31-5)7-17(13-25)18(14-26)8-16-11-21(29-3)24(32-6)22(12-16)30-4/h9-12,17-18,25-26H,7-8,13-14H2,1-6H3/t17-,18+. The Morgan fingerprint density at radius 1 is 0.531 bits per heavy atom. The number of hydrogen-bond donors (Lipinski definition) is 2. The molecule has 2 aromatic carbocycles. The van der Waals surface area contributed by atoms with E-state index in [0.717, 1.165) is 11.1 Å². The maximum Gasteiger partial charge on any atom is 0.203 e. The van der Waals surface area contributed by atoms with Crippen molar-refractivity contribution in [1.82, 2.24) is 0 Å². The van der Waals surface area contributed by atoms with Gasteiger partial charge in [-0.1, -0.05) is 0 Å². The van der Waals surface area contributed by atoms with Gasteiger partial charge in [0.25, 0.3) is 0 Å². The van der Waals surface area contributed by atoms with Crippen molar-refractivity contribution in [2.45, 2.75) is 12.8 Å². The van der Waals surface area contributed by atoms with E-state index in [1.807, 2.05) is 24.3 Å². The Morgan fingerprint density at radius 3 is 1.00 bits per heavy atom. The molecular formula is C24H34O8. The molecule has 0 spiro atoms. The van der Waals surface area contributed by atoms with E-state index < -0.39 is 0 Å². The molecule has 178 valence electrons. The third-order valence-corrected chi connectivity index (χ3v) is 5.58. The second kappa shape index (κ2) is 12.3.